The van der Waals surface area contributed by atoms with Crippen molar-refractivity contribution in [2.75, 3.05) is 6.61 Å². The Hall–Kier alpha value is -2.96. The molecule has 1 aliphatic rings. The summed E-state index contributed by atoms with van der Waals surface area (Å²) in [7, 11) is -3.92. The number of nitrogens with zero attached hydrogens (tertiary/aromatic N) is 1. The summed E-state index contributed by atoms with van der Waals surface area (Å²) >= 11 is 0. The van der Waals surface area contributed by atoms with Crippen molar-refractivity contribution in [2.24, 2.45) is 5.92 Å². The number of rotatable bonds is 6. The van der Waals surface area contributed by atoms with Crippen molar-refractivity contribution in [1.82, 2.24) is 4.31 Å². The van der Waals surface area contributed by atoms with E-state index < -0.39 is 28.1 Å². The molecule has 5 nitrogen and oxygen atoms in total. The Morgan fingerprint density at radius 2 is 1.67 bits per heavy atom. The fourth-order valence-corrected chi connectivity index (χ4v) is 6.32. The highest BCUT2D eigenvalue weighted by molar-refractivity contribution is 7.89. The van der Waals surface area contributed by atoms with Crippen LogP contribution in [0.5, 0.6) is 0 Å². The lowest BCUT2D eigenvalue weighted by Crippen LogP contribution is -2.41. The number of fused-ring (bicyclic) bond motifs is 1. The molecule has 172 valence electrons. The molecule has 3 aromatic carbocycles. The van der Waals surface area contributed by atoms with E-state index in [0.717, 1.165) is 21.9 Å². The maximum atomic E-state index is 14.0. The lowest BCUT2D eigenvalue weighted by Gasteiger charge is -2.33. The van der Waals surface area contributed by atoms with Gasteiger partial charge in [0.25, 0.3) is 0 Å². The van der Waals surface area contributed by atoms with Crippen LogP contribution in [0.3, 0.4) is 0 Å². The molecule has 0 bridgehead atoms. The van der Waals surface area contributed by atoms with Gasteiger partial charge in [0.05, 0.1) is 23.1 Å². The molecule has 0 spiro atoms. The molecule has 0 fully saturated rings. The number of benzene rings is 3. The van der Waals surface area contributed by atoms with E-state index in [1.807, 2.05) is 63.2 Å². The van der Waals surface area contributed by atoms with Gasteiger partial charge >= 0.3 is 5.97 Å². The third-order valence-electron chi connectivity index (χ3n) is 6.10. The van der Waals surface area contributed by atoms with Crippen molar-refractivity contribution in [3.05, 3.63) is 89.5 Å². The van der Waals surface area contributed by atoms with Gasteiger partial charge in [0.1, 0.15) is 0 Å². The lowest BCUT2D eigenvalue weighted by atomic mass is 9.95. The van der Waals surface area contributed by atoms with Crippen molar-refractivity contribution < 1.29 is 17.9 Å². The zero-order valence-corrected chi connectivity index (χ0v) is 20.2. The third-order valence-corrected chi connectivity index (χ3v) is 7.98. The van der Waals surface area contributed by atoms with Gasteiger partial charge in [-0.05, 0) is 48.2 Å². The van der Waals surface area contributed by atoms with E-state index in [-0.39, 0.29) is 17.4 Å². The van der Waals surface area contributed by atoms with Crippen LogP contribution < -0.4 is 0 Å². The second-order valence-corrected chi connectivity index (χ2v) is 10.5. The smallest absolute Gasteiger partial charge is 0.335 e. The van der Waals surface area contributed by atoms with Crippen LogP contribution in [0.4, 0.5) is 0 Å². The van der Waals surface area contributed by atoms with Crippen LogP contribution in [0, 0.1) is 12.8 Å². The van der Waals surface area contributed by atoms with E-state index in [4.69, 9.17) is 4.74 Å². The summed E-state index contributed by atoms with van der Waals surface area (Å²) in [6.45, 7) is 7.82. The molecule has 0 aromatic heterocycles. The fourth-order valence-electron chi connectivity index (χ4n) is 4.46. The van der Waals surface area contributed by atoms with Crippen LogP contribution in [0.2, 0.25) is 0 Å². The first-order chi connectivity index (χ1) is 15.8. The summed E-state index contributed by atoms with van der Waals surface area (Å²) in [4.78, 5) is 13.3. The van der Waals surface area contributed by atoms with E-state index in [1.54, 1.807) is 37.3 Å². The van der Waals surface area contributed by atoms with Gasteiger partial charge in [0.2, 0.25) is 10.0 Å². The van der Waals surface area contributed by atoms with Crippen LogP contribution >= 0.6 is 0 Å². The zero-order chi connectivity index (χ0) is 23.8. The predicted octanol–water partition coefficient (Wildman–Crippen LogP) is 5.41. The second kappa shape index (κ2) is 9.12. The Balaban J connectivity index is 1.97. The molecule has 33 heavy (non-hydrogen) atoms. The van der Waals surface area contributed by atoms with E-state index in [2.05, 4.69) is 0 Å². The zero-order valence-electron chi connectivity index (χ0n) is 19.4. The molecule has 0 saturated heterocycles. The van der Waals surface area contributed by atoms with Gasteiger partial charge in [0.15, 0.2) is 0 Å². The average molecular weight is 464 g/mol. The number of carbonyl (C=O) groups is 1. The number of sulfonamides is 1. The molecule has 3 aromatic rings. The Morgan fingerprint density at radius 1 is 1.00 bits per heavy atom. The first-order valence-corrected chi connectivity index (χ1v) is 12.7. The van der Waals surface area contributed by atoms with Crippen LogP contribution in [0.15, 0.2) is 83.3 Å². The summed E-state index contributed by atoms with van der Waals surface area (Å²) in [5, 5.41) is 1.90. The number of hydrogen-bond acceptors (Lipinski definition) is 4. The van der Waals surface area contributed by atoms with Crippen molar-refractivity contribution >= 4 is 26.8 Å². The first-order valence-electron chi connectivity index (χ1n) is 11.2. The van der Waals surface area contributed by atoms with Gasteiger partial charge in [-0.1, -0.05) is 80.1 Å². The Bertz CT molecular complexity index is 1300. The minimum atomic E-state index is -3.92. The van der Waals surface area contributed by atoms with Crippen LogP contribution in [0.25, 0.3) is 10.8 Å². The molecule has 0 radical (unpaired) electrons. The molecule has 1 aliphatic heterocycles. The molecule has 0 unspecified atom stereocenters. The number of aryl methyl sites for hydroxylation is 1. The molecule has 2 atom stereocenters. The van der Waals surface area contributed by atoms with Gasteiger partial charge in [-0.2, -0.15) is 4.31 Å². The molecule has 6 heteroatoms. The number of ether oxygens (including phenoxy) is 1. The lowest BCUT2D eigenvalue weighted by molar-refractivity contribution is -0.138. The summed E-state index contributed by atoms with van der Waals surface area (Å²) in [5.41, 5.74) is 2.11. The fraction of sp³-hybridized carbons (Fsp3) is 0.296. The maximum Gasteiger partial charge on any atom is 0.335 e. The Kier molecular flexibility index (Phi) is 6.41. The highest BCUT2D eigenvalue weighted by Gasteiger charge is 2.47. The molecule has 4 rings (SSSR count). The third kappa shape index (κ3) is 4.21. The molecule has 0 saturated carbocycles. The Morgan fingerprint density at radius 3 is 2.33 bits per heavy atom. The van der Waals surface area contributed by atoms with Gasteiger partial charge < -0.3 is 4.74 Å². The number of esters is 1. The minimum absolute atomic E-state index is 0.0466. The summed E-state index contributed by atoms with van der Waals surface area (Å²) in [5.74, 6) is -0.530. The van der Waals surface area contributed by atoms with Crippen LogP contribution in [-0.2, 0) is 19.6 Å². The van der Waals surface area contributed by atoms with E-state index >= 15 is 0 Å². The topological polar surface area (TPSA) is 63.7 Å². The van der Waals surface area contributed by atoms with E-state index in [1.165, 1.54) is 4.31 Å². The molecule has 1 heterocycles. The normalized spacial score (nSPS) is 19.1. The first kappa shape index (κ1) is 23.2. The van der Waals surface area contributed by atoms with E-state index in [9.17, 15) is 13.2 Å². The average Bonchev–Trinajstić information content (AvgIpc) is 3.21. The predicted molar refractivity (Wildman–Crippen MR) is 130 cm³/mol. The minimum Gasteiger partial charge on any atom is -0.463 e. The Labute approximate surface area is 195 Å². The highest BCUT2D eigenvalue weighted by Crippen LogP contribution is 2.45. The van der Waals surface area contributed by atoms with Gasteiger partial charge in [-0.25, -0.2) is 13.2 Å². The number of carbonyl (C=O) groups excluding carboxylic acids is 1. The monoisotopic (exact) mass is 463 g/mol. The second-order valence-electron chi connectivity index (χ2n) is 8.70. The summed E-state index contributed by atoms with van der Waals surface area (Å²) in [6, 6.07) is 19.2. The molecule has 0 amide bonds. The maximum absolute atomic E-state index is 14.0. The molecule has 0 aliphatic carbocycles. The van der Waals surface area contributed by atoms with Crippen LogP contribution in [-0.4, -0.2) is 31.3 Å². The largest absolute Gasteiger partial charge is 0.463 e. The van der Waals surface area contributed by atoms with Crippen molar-refractivity contribution in [2.45, 2.75) is 44.7 Å². The van der Waals surface area contributed by atoms with Gasteiger partial charge in [-0.3, -0.25) is 0 Å². The van der Waals surface area contributed by atoms with Crippen molar-refractivity contribution in [3.63, 3.8) is 0 Å². The highest BCUT2D eigenvalue weighted by atomic mass is 32.2. The molecule has 0 N–H and O–H groups in total. The van der Waals surface area contributed by atoms with E-state index in [0.29, 0.717) is 5.57 Å². The van der Waals surface area contributed by atoms with Crippen LogP contribution in [0.1, 0.15) is 37.9 Å². The van der Waals surface area contributed by atoms with Gasteiger partial charge in [-0.15, -0.1) is 0 Å². The summed E-state index contributed by atoms with van der Waals surface area (Å²) in [6.07, 6.45) is 1.78. The quantitative estimate of drug-likeness (QED) is 0.459. The number of hydrogen-bond donors (Lipinski definition) is 0. The van der Waals surface area contributed by atoms with Crippen molar-refractivity contribution in [1.29, 1.82) is 0 Å². The molecular formula is C27H29NO4S. The standard InChI is InChI=1S/C27H29NO4S/c1-5-32-27(29)24-17-25(18(2)3)28(33(30,31)21-15-13-19(4)14-16-21)26(24)23-12-8-10-20-9-6-7-11-22(20)23/h6-18,25-26H,5H2,1-4H3/t25-,26-/m1/s1. The molecular weight excluding hydrogens is 434 g/mol. The van der Waals surface area contributed by atoms with Gasteiger partial charge in [0, 0.05) is 6.04 Å². The van der Waals surface area contributed by atoms with Crippen molar-refractivity contribution in [3.8, 4) is 0 Å². The SMILES string of the molecule is CCOC(=O)C1=C[C@H](C(C)C)N(S(=O)(=O)c2ccc(C)cc2)[C@@H]1c1cccc2ccccc12. The summed E-state index contributed by atoms with van der Waals surface area (Å²) < 4.78 is 35.0.